The van der Waals surface area contributed by atoms with Crippen molar-refractivity contribution in [2.45, 2.75) is 37.1 Å². The summed E-state index contributed by atoms with van der Waals surface area (Å²) in [6.45, 7) is 5.91. The molecule has 0 N–H and O–H groups in total. The van der Waals surface area contributed by atoms with Crippen LogP contribution in [-0.2, 0) is 11.8 Å². The third-order valence-electron chi connectivity index (χ3n) is 4.30. The summed E-state index contributed by atoms with van der Waals surface area (Å²) in [6.07, 6.45) is 3.80. The van der Waals surface area contributed by atoms with Crippen LogP contribution < -0.4 is 0 Å². The number of carbonyl (C=O) groups is 1. The summed E-state index contributed by atoms with van der Waals surface area (Å²) in [7, 11) is 1.89. The van der Waals surface area contributed by atoms with E-state index in [2.05, 4.69) is 17.1 Å². The predicted molar refractivity (Wildman–Crippen MR) is 89.0 cm³/mol. The van der Waals surface area contributed by atoms with Gasteiger partial charge in [-0.15, -0.1) is 10.2 Å². The van der Waals surface area contributed by atoms with E-state index in [4.69, 9.17) is 4.42 Å². The molecule has 2 aromatic heterocycles. The van der Waals surface area contributed by atoms with Crippen molar-refractivity contribution in [3.8, 4) is 11.6 Å². The third kappa shape index (κ3) is 3.44. The maximum absolute atomic E-state index is 12.6. The maximum Gasteiger partial charge on any atom is 0.235 e. The topological polar surface area (TPSA) is 64.2 Å². The van der Waals surface area contributed by atoms with Gasteiger partial charge in [0, 0.05) is 20.1 Å². The molecular weight excluding hydrogens is 312 g/mol. The van der Waals surface area contributed by atoms with Gasteiger partial charge in [0.2, 0.25) is 5.91 Å². The molecule has 3 rings (SSSR count). The molecule has 0 radical (unpaired) electrons. The lowest BCUT2D eigenvalue weighted by atomic mass is 9.99. The number of rotatable bonds is 4. The van der Waals surface area contributed by atoms with Gasteiger partial charge in [-0.25, -0.2) is 0 Å². The van der Waals surface area contributed by atoms with Crippen molar-refractivity contribution in [2.24, 2.45) is 13.0 Å². The van der Waals surface area contributed by atoms with Crippen LogP contribution in [-0.4, -0.2) is 43.9 Å². The molecule has 1 saturated heterocycles. The SMILES string of the molecule is CC1CCN(C(=O)[C@H](C)Sc2nnc(-c3ccco3)n2C)CC1. The molecule has 0 unspecified atom stereocenters. The zero-order valence-electron chi connectivity index (χ0n) is 13.7. The summed E-state index contributed by atoms with van der Waals surface area (Å²) in [5, 5.41) is 8.92. The molecule has 0 spiro atoms. The maximum atomic E-state index is 12.6. The fourth-order valence-corrected chi connectivity index (χ4v) is 3.63. The summed E-state index contributed by atoms with van der Waals surface area (Å²) in [5.41, 5.74) is 0. The molecule has 1 atom stereocenters. The van der Waals surface area contributed by atoms with Crippen LogP contribution in [0.1, 0.15) is 26.7 Å². The quantitative estimate of drug-likeness (QED) is 0.805. The number of amides is 1. The van der Waals surface area contributed by atoms with E-state index in [1.807, 2.05) is 35.6 Å². The number of piperidine rings is 1. The molecule has 7 heteroatoms. The van der Waals surface area contributed by atoms with Crippen LogP contribution in [0.3, 0.4) is 0 Å². The summed E-state index contributed by atoms with van der Waals surface area (Å²) in [5.74, 6) is 2.25. The Morgan fingerprint density at radius 1 is 1.39 bits per heavy atom. The number of carbonyl (C=O) groups excluding carboxylic acids is 1. The number of furan rings is 1. The Kier molecular flexibility index (Phi) is 4.75. The van der Waals surface area contributed by atoms with Crippen molar-refractivity contribution >= 4 is 17.7 Å². The lowest BCUT2D eigenvalue weighted by Crippen LogP contribution is -2.41. The average Bonchev–Trinajstić information content (AvgIpc) is 3.18. The van der Waals surface area contributed by atoms with E-state index in [-0.39, 0.29) is 11.2 Å². The van der Waals surface area contributed by atoms with Crippen molar-refractivity contribution in [1.29, 1.82) is 0 Å². The Balaban J connectivity index is 1.66. The van der Waals surface area contributed by atoms with Crippen molar-refractivity contribution in [2.75, 3.05) is 13.1 Å². The average molecular weight is 334 g/mol. The van der Waals surface area contributed by atoms with Crippen LogP contribution in [0.15, 0.2) is 28.0 Å². The number of aromatic nitrogens is 3. The Hall–Kier alpha value is -1.76. The molecular formula is C16H22N4O2S. The van der Waals surface area contributed by atoms with Crippen LogP contribution >= 0.6 is 11.8 Å². The van der Waals surface area contributed by atoms with Gasteiger partial charge >= 0.3 is 0 Å². The first kappa shape index (κ1) is 16.1. The van der Waals surface area contributed by atoms with Gasteiger partial charge in [-0.3, -0.25) is 4.79 Å². The zero-order chi connectivity index (χ0) is 16.4. The van der Waals surface area contributed by atoms with Crippen LogP contribution in [0.25, 0.3) is 11.6 Å². The Labute approximate surface area is 140 Å². The summed E-state index contributed by atoms with van der Waals surface area (Å²) in [6, 6.07) is 3.67. The van der Waals surface area contributed by atoms with Gasteiger partial charge < -0.3 is 13.9 Å². The number of hydrogen-bond donors (Lipinski definition) is 0. The molecule has 0 bridgehead atoms. The fourth-order valence-electron chi connectivity index (χ4n) is 2.73. The highest BCUT2D eigenvalue weighted by atomic mass is 32.2. The standard InChI is InChI=1S/C16H22N4O2S/c1-11-6-8-20(9-7-11)15(21)12(2)23-16-18-17-14(19(16)3)13-5-4-10-22-13/h4-5,10-12H,6-9H2,1-3H3/t12-/m0/s1. The molecule has 23 heavy (non-hydrogen) atoms. The van der Waals surface area contributed by atoms with Crippen LogP contribution in [0, 0.1) is 5.92 Å². The van der Waals surface area contributed by atoms with Crippen molar-refractivity contribution in [3.63, 3.8) is 0 Å². The molecule has 124 valence electrons. The molecule has 1 fully saturated rings. The highest BCUT2D eigenvalue weighted by Crippen LogP contribution is 2.27. The van der Waals surface area contributed by atoms with Gasteiger partial charge in [0.1, 0.15) is 0 Å². The van der Waals surface area contributed by atoms with E-state index in [9.17, 15) is 4.79 Å². The fraction of sp³-hybridized carbons (Fsp3) is 0.562. The number of likely N-dealkylation sites (tertiary alicyclic amines) is 1. The first-order valence-electron chi connectivity index (χ1n) is 7.95. The van der Waals surface area contributed by atoms with E-state index in [1.165, 1.54) is 11.8 Å². The van der Waals surface area contributed by atoms with E-state index in [0.29, 0.717) is 11.6 Å². The minimum Gasteiger partial charge on any atom is -0.461 e. The van der Waals surface area contributed by atoms with Crippen molar-refractivity contribution < 1.29 is 9.21 Å². The zero-order valence-corrected chi connectivity index (χ0v) is 14.5. The van der Waals surface area contributed by atoms with Crippen LogP contribution in [0.2, 0.25) is 0 Å². The summed E-state index contributed by atoms with van der Waals surface area (Å²) < 4.78 is 7.23. The van der Waals surface area contributed by atoms with Gasteiger partial charge in [-0.1, -0.05) is 18.7 Å². The molecule has 1 aliphatic rings. The van der Waals surface area contributed by atoms with Gasteiger partial charge in [-0.2, -0.15) is 0 Å². The lowest BCUT2D eigenvalue weighted by Gasteiger charge is -2.31. The monoisotopic (exact) mass is 334 g/mol. The molecule has 0 saturated carbocycles. The van der Waals surface area contributed by atoms with E-state index < -0.39 is 0 Å². The van der Waals surface area contributed by atoms with Gasteiger partial charge in [0.15, 0.2) is 16.7 Å². The lowest BCUT2D eigenvalue weighted by molar-refractivity contribution is -0.131. The van der Waals surface area contributed by atoms with Gasteiger partial charge in [-0.05, 0) is 37.8 Å². The summed E-state index contributed by atoms with van der Waals surface area (Å²) >= 11 is 1.45. The smallest absolute Gasteiger partial charge is 0.235 e. The molecule has 1 amide bonds. The second-order valence-electron chi connectivity index (χ2n) is 6.11. The molecule has 0 aliphatic carbocycles. The summed E-state index contributed by atoms with van der Waals surface area (Å²) in [4.78, 5) is 14.6. The first-order chi connectivity index (χ1) is 11.1. The molecule has 0 aromatic carbocycles. The normalized spacial score (nSPS) is 17.4. The van der Waals surface area contributed by atoms with E-state index in [0.717, 1.165) is 37.0 Å². The minimum atomic E-state index is -0.171. The molecule has 1 aliphatic heterocycles. The van der Waals surface area contributed by atoms with Crippen molar-refractivity contribution in [3.05, 3.63) is 18.4 Å². The second-order valence-corrected chi connectivity index (χ2v) is 7.42. The van der Waals surface area contributed by atoms with Crippen LogP contribution in [0.4, 0.5) is 0 Å². The molecule has 6 nitrogen and oxygen atoms in total. The number of nitrogens with zero attached hydrogens (tertiary/aromatic N) is 4. The van der Waals surface area contributed by atoms with Crippen molar-refractivity contribution in [1.82, 2.24) is 19.7 Å². The van der Waals surface area contributed by atoms with E-state index >= 15 is 0 Å². The van der Waals surface area contributed by atoms with Gasteiger partial charge in [0.25, 0.3) is 0 Å². The second kappa shape index (κ2) is 6.78. The third-order valence-corrected chi connectivity index (χ3v) is 5.42. The Morgan fingerprint density at radius 2 is 2.13 bits per heavy atom. The predicted octanol–water partition coefficient (Wildman–Crippen LogP) is 2.81. The first-order valence-corrected chi connectivity index (χ1v) is 8.83. The number of hydrogen-bond acceptors (Lipinski definition) is 5. The highest BCUT2D eigenvalue weighted by molar-refractivity contribution is 8.00. The molecule has 3 heterocycles. The van der Waals surface area contributed by atoms with Gasteiger partial charge in [0.05, 0.1) is 11.5 Å². The minimum absolute atomic E-state index is 0.171. The Bertz CT molecular complexity index is 660. The highest BCUT2D eigenvalue weighted by Gasteiger charge is 2.26. The van der Waals surface area contributed by atoms with E-state index in [1.54, 1.807) is 6.26 Å². The number of thioether (sulfide) groups is 1. The molecule has 2 aromatic rings. The van der Waals surface area contributed by atoms with Crippen LogP contribution in [0.5, 0.6) is 0 Å². The largest absolute Gasteiger partial charge is 0.461 e. The Morgan fingerprint density at radius 3 is 2.78 bits per heavy atom.